The largest absolute Gasteiger partial charge is 0.478 e. The highest BCUT2D eigenvalue weighted by molar-refractivity contribution is 6.31. The summed E-state index contributed by atoms with van der Waals surface area (Å²) in [5.74, 6) is -3.21. The number of alkyl halides is 3. The van der Waals surface area contributed by atoms with Crippen LogP contribution in [0.15, 0.2) is 42.0 Å². The van der Waals surface area contributed by atoms with E-state index in [0.717, 1.165) is 6.08 Å². The van der Waals surface area contributed by atoms with Crippen molar-refractivity contribution in [2.24, 2.45) is 0 Å². The molecule has 0 saturated heterocycles. The fraction of sp³-hybridized carbons (Fsp3) is 0.111. The van der Waals surface area contributed by atoms with Gasteiger partial charge >= 0.3 is 18.1 Å². The van der Waals surface area contributed by atoms with E-state index in [4.69, 9.17) is 26.6 Å². The minimum atomic E-state index is -4.96. The Kier molecular flexibility index (Phi) is 4.61. The number of carboxylic acids is 2. The molecule has 1 aliphatic heterocycles. The minimum absolute atomic E-state index is 0.0520. The minimum Gasteiger partial charge on any atom is -0.478 e. The lowest BCUT2D eigenvalue weighted by Crippen LogP contribution is -2.40. The van der Waals surface area contributed by atoms with E-state index < -0.39 is 29.8 Å². The number of hydrogen-bond donors (Lipinski definition) is 2. The monoisotopic (exact) mass is 398 g/mol. The van der Waals surface area contributed by atoms with Crippen molar-refractivity contribution in [3.8, 4) is 16.9 Å². The molecule has 0 aliphatic carbocycles. The van der Waals surface area contributed by atoms with Crippen molar-refractivity contribution < 1.29 is 37.7 Å². The van der Waals surface area contributed by atoms with Crippen LogP contribution in [0.2, 0.25) is 5.02 Å². The van der Waals surface area contributed by atoms with Crippen LogP contribution in [0.25, 0.3) is 17.2 Å². The quantitative estimate of drug-likeness (QED) is 0.795. The number of benzene rings is 2. The molecule has 3 rings (SSSR count). The molecule has 140 valence electrons. The molecule has 1 atom stereocenters. The molecule has 0 radical (unpaired) electrons. The van der Waals surface area contributed by atoms with Crippen LogP contribution < -0.4 is 4.74 Å². The van der Waals surface area contributed by atoms with Crippen molar-refractivity contribution in [2.75, 3.05) is 0 Å². The summed E-state index contributed by atoms with van der Waals surface area (Å²) in [5, 5.41) is 18.3. The number of aliphatic carboxylic acids is 1. The van der Waals surface area contributed by atoms with E-state index in [1.54, 1.807) is 0 Å². The maximum atomic E-state index is 13.3. The van der Waals surface area contributed by atoms with Gasteiger partial charge in [-0.2, -0.15) is 13.2 Å². The Bertz CT molecular complexity index is 981. The van der Waals surface area contributed by atoms with E-state index in [2.05, 4.69) is 0 Å². The molecule has 1 aliphatic rings. The van der Waals surface area contributed by atoms with Crippen LogP contribution in [0, 0.1) is 0 Å². The lowest BCUT2D eigenvalue weighted by Gasteiger charge is -2.28. The first-order valence-corrected chi connectivity index (χ1v) is 7.81. The van der Waals surface area contributed by atoms with E-state index in [0.29, 0.717) is 0 Å². The number of fused-ring (bicyclic) bond motifs is 1. The number of ether oxygens (including phenoxy) is 1. The zero-order chi connectivity index (χ0) is 19.9. The summed E-state index contributed by atoms with van der Waals surface area (Å²) in [6, 6.07) is 8.10. The van der Waals surface area contributed by atoms with Crippen LogP contribution in [-0.4, -0.2) is 34.4 Å². The first-order valence-electron chi connectivity index (χ1n) is 7.43. The van der Waals surface area contributed by atoms with E-state index in [9.17, 15) is 22.8 Å². The number of aromatic carboxylic acids is 1. The predicted octanol–water partition coefficient (Wildman–Crippen LogP) is 4.50. The Morgan fingerprint density at radius 3 is 2.37 bits per heavy atom. The van der Waals surface area contributed by atoms with Crippen molar-refractivity contribution in [3.63, 3.8) is 0 Å². The Morgan fingerprint density at radius 2 is 1.78 bits per heavy atom. The van der Waals surface area contributed by atoms with Crippen LogP contribution >= 0.6 is 11.6 Å². The highest BCUT2D eigenvalue weighted by atomic mass is 35.5. The van der Waals surface area contributed by atoms with Crippen LogP contribution in [0.1, 0.15) is 15.9 Å². The van der Waals surface area contributed by atoms with E-state index in [1.807, 2.05) is 0 Å². The van der Waals surface area contributed by atoms with Gasteiger partial charge in [-0.05, 0) is 35.9 Å². The second-order valence-corrected chi connectivity index (χ2v) is 6.14. The smallest absolute Gasteiger partial charge is 0.430 e. The number of rotatable bonds is 3. The Morgan fingerprint density at radius 1 is 1.07 bits per heavy atom. The van der Waals surface area contributed by atoms with E-state index in [-0.39, 0.29) is 33.0 Å². The fourth-order valence-corrected chi connectivity index (χ4v) is 2.96. The molecule has 2 aromatic carbocycles. The third-order valence-corrected chi connectivity index (χ3v) is 4.09. The van der Waals surface area contributed by atoms with Gasteiger partial charge in [0.25, 0.3) is 0 Å². The lowest BCUT2D eigenvalue weighted by molar-refractivity contribution is -0.187. The van der Waals surface area contributed by atoms with Gasteiger partial charge in [0.2, 0.25) is 6.10 Å². The first kappa shape index (κ1) is 18.8. The molecule has 2 aromatic rings. The summed E-state index contributed by atoms with van der Waals surface area (Å²) >= 11 is 6.02. The molecular formula is C18H10ClF3O5. The van der Waals surface area contributed by atoms with Crippen molar-refractivity contribution >= 4 is 29.6 Å². The number of carboxylic acid groups (broad SMARTS) is 2. The fourth-order valence-electron chi connectivity index (χ4n) is 2.73. The second kappa shape index (κ2) is 6.62. The summed E-state index contributed by atoms with van der Waals surface area (Å²) in [5.41, 5.74) is -0.609. The Hall–Kier alpha value is -3.00. The maximum Gasteiger partial charge on any atom is 0.430 e. The summed E-state index contributed by atoms with van der Waals surface area (Å²) in [7, 11) is 0. The molecule has 0 spiro atoms. The van der Waals surface area contributed by atoms with Crippen molar-refractivity contribution in [2.45, 2.75) is 12.3 Å². The maximum absolute atomic E-state index is 13.3. The summed E-state index contributed by atoms with van der Waals surface area (Å²) < 4.78 is 44.9. The van der Waals surface area contributed by atoms with Gasteiger partial charge in [-0.15, -0.1) is 0 Å². The molecule has 0 amide bonds. The molecule has 2 N–H and O–H groups in total. The van der Waals surface area contributed by atoms with Crippen molar-refractivity contribution in [1.29, 1.82) is 0 Å². The molecule has 5 nitrogen and oxygen atoms in total. The van der Waals surface area contributed by atoms with Gasteiger partial charge < -0.3 is 14.9 Å². The number of halogens is 4. The van der Waals surface area contributed by atoms with E-state index >= 15 is 0 Å². The van der Waals surface area contributed by atoms with Gasteiger partial charge in [0.05, 0.1) is 11.1 Å². The molecule has 0 bridgehead atoms. The third kappa shape index (κ3) is 3.61. The Labute approximate surface area is 155 Å². The first-order chi connectivity index (χ1) is 12.6. The second-order valence-electron chi connectivity index (χ2n) is 5.70. The van der Waals surface area contributed by atoms with Crippen molar-refractivity contribution in [3.05, 3.63) is 58.1 Å². The number of hydrogen-bond acceptors (Lipinski definition) is 3. The van der Waals surface area contributed by atoms with Crippen LogP contribution in [0.3, 0.4) is 0 Å². The highest BCUT2D eigenvalue weighted by Crippen LogP contribution is 2.44. The van der Waals surface area contributed by atoms with Gasteiger partial charge in [0.1, 0.15) is 5.75 Å². The average Bonchev–Trinajstić information content (AvgIpc) is 2.59. The zero-order valence-corrected chi connectivity index (χ0v) is 14.0. The lowest BCUT2D eigenvalue weighted by atomic mass is 9.95. The molecule has 0 fully saturated rings. The number of carbonyl (C=O) groups is 2. The van der Waals surface area contributed by atoms with Gasteiger partial charge in [-0.3, -0.25) is 0 Å². The van der Waals surface area contributed by atoms with Gasteiger partial charge in [-0.25, -0.2) is 9.59 Å². The molecule has 0 aromatic heterocycles. The zero-order valence-electron chi connectivity index (χ0n) is 13.2. The predicted molar refractivity (Wildman–Crippen MR) is 89.9 cm³/mol. The normalized spacial score (nSPS) is 16.1. The van der Waals surface area contributed by atoms with Gasteiger partial charge in [-0.1, -0.05) is 23.7 Å². The molecule has 1 heterocycles. The summed E-state index contributed by atoms with van der Waals surface area (Å²) in [6.07, 6.45) is -6.76. The molecule has 9 heteroatoms. The third-order valence-electron chi connectivity index (χ3n) is 3.88. The van der Waals surface area contributed by atoms with Gasteiger partial charge in [0.15, 0.2) is 0 Å². The van der Waals surface area contributed by atoms with E-state index in [1.165, 1.54) is 36.4 Å². The standard InChI is InChI=1S/C18H10ClF3O5/c19-11-5-10-6-13(17(25)26)15(18(20,21)22)27-14(10)12(7-11)8-2-1-3-9(4-8)16(23)24/h1-7,15H,(H,23,24)(H,25,26). The molecule has 1 unspecified atom stereocenters. The van der Waals surface area contributed by atoms with Crippen LogP contribution in [0.5, 0.6) is 5.75 Å². The molecule has 0 saturated carbocycles. The topological polar surface area (TPSA) is 83.8 Å². The molecule has 27 heavy (non-hydrogen) atoms. The average molecular weight is 399 g/mol. The SMILES string of the molecule is O=C(O)C1=Cc2cc(Cl)cc(-c3cccc(C(=O)O)c3)c2OC1C(F)(F)F. The van der Waals surface area contributed by atoms with Gasteiger partial charge in [0, 0.05) is 16.1 Å². The molecular weight excluding hydrogens is 389 g/mol. The Balaban J connectivity index is 2.23. The summed E-state index contributed by atoms with van der Waals surface area (Å²) in [4.78, 5) is 22.4. The van der Waals surface area contributed by atoms with Crippen LogP contribution in [-0.2, 0) is 4.79 Å². The summed E-state index contributed by atoms with van der Waals surface area (Å²) in [6.45, 7) is 0. The highest BCUT2D eigenvalue weighted by Gasteiger charge is 2.48. The van der Waals surface area contributed by atoms with Crippen molar-refractivity contribution in [1.82, 2.24) is 0 Å². The van der Waals surface area contributed by atoms with Crippen LogP contribution in [0.4, 0.5) is 13.2 Å².